The van der Waals surface area contributed by atoms with Crippen molar-refractivity contribution >= 4 is 29.1 Å². The second-order valence-corrected chi connectivity index (χ2v) is 7.35. The van der Waals surface area contributed by atoms with Gasteiger partial charge in [-0.2, -0.15) is 5.10 Å². The van der Waals surface area contributed by atoms with Crippen LogP contribution < -0.4 is 5.32 Å². The highest BCUT2D eigenvalue weighted by Gasteiger charge is 2.67. The number of carbonyl (C=O) groups excluding carboxylic acids is 1. The molecule has 1 aliphatic rings. The molecule has 1 aromatic heterocycles. The van der Waals surface area contributed by atoms with Gasteiger partial charge < -0.3 is 5.32 Å². The summed E-state index contributed by atoms with van der Waals surface area (Å²) in [5, 5.41) is 7.15. The molecule has 0 bridgehead atoms. The van der Waals surface area contributed by atoms with Crippen LogP contribution in [0.4, 0.5) is 0 Å². The average Bonchev–Trinajstić information content (AvgIpc) is 2.83. The van der Waals surface area contributed by atoms with E-state index in [0.717, 1.165) is 11.1 Å². The van der Waals surface area contributed by atoms with Crippen LogP contribution in [0.2, 0.25) is 0 Å². The first-order valence-corrected chi connectivity index (χ1v) is 7.88. The fourth-order valence-electron chi connectivity index (χ4n) is 2.47. The molecule has 1 fully saturated rings. The van der Waals surface area contributed by atoms with Gasteiger partial charge in [0.25, 0.3) is 0 Å². The van der Waals surface area contributed by atoms with Gasteiger partial charge in [0.1, 0.15) is 4.33 Å². The van der Waals surface area contributed by atoms with Crippen LogP contribution in [0, 0.1) is 5.41 Å². The summed E-state index contributed by atoms with van der Waals surface area (Å²) in [4.78, 5) is 12.2. The van der Waals surface area contributed by atoms with Crippen molar-refractivity contribution in [1.82, 2.24) is 15.1 Å². The molecule has 6 heteroatoms. The summed E-state index contributed by atoms with van der Waals surface area (Å²) < 4.78 is 0.914. The summed E-state index contributed by atoms with van der Waals surface area (Å²) in [6.45, 7) is 2.92. The standard InChI is InChI=1S/C16H17Cl2N3O/c1-15(11-16(15,17)18)14(22)19-9-12-5-2-3-6-13(12)10-21-8-4-7-20-21/h2-8H,9-11H2,1H3,(H,19,22). The molecule has 4 nitrogen and oxygen atoms in total. The van der Waals surface area contributed by atoms with Crippen molar-refractivity contribution in [3.8, 4) is 0 Å². The Morgan fingerprint density at radius 2 is 2.00 bits per heavy atom. The Morgan fingerprint density at radius 1 is 1.32 bits per heavy atom. The molecule has 0 aliphatic heterocycles. The van der Waals surface area contributed by atoms with Gasteiger partial charge in [0.2, 0.25) is 5.91 Å². The highest BCUT2D eigenvalue weighted by Crippen LogP contribution is 2.63. The molecular formula is C16H17Cl2N3O. The fourth-order valence-corrected chi connectivity index (χ4v) is 3.18. The normalized spacial score (nSPS) is 22.3. The lowest BCUT2D eigenvalue weighted by molar-refractivity contribution is -0.125. The predicted octanol–water partition coefficient (Wildman–Crippen LogP) is 3.13. The minimum Gasteiger partial charge on any atom is -0.351 e. The molecular weight excluding hydrogens is 321 g/mol. The zero-order valence-electron chi connectivity index (χ0n) is 12.2. The lowest BCUT2D eigenvalue weighted by atomic mass is 10.1. The maximum Gasteiger partial charge on any atom is 0.229 e. The van der Waals surface area contributed by atoms with Crippen LogP contribution in [-0.4, -0.2) is 20.0 Å². The fraction of sp³-hybridized carbons (Fsp3) is 0.375. The van der Waals surface area contributed by atoms with Gasteiger partial charge in [-0.25, -0.2) is 0 Å². The molecule has 1 heterocycles. The zero-order valence-corrected chi connectivity index (χ0v) is 13.7. The smallest absolute Gasteiger partial charge is 0.229 e. The molecule has 1 N–H and O–H groups in total. The second-order valence-electron chi connectivity index (χ2n) is 5.87. The molecule has 0 spiro atoms. The van der Waals surface area contributed by atoms with Crippen molar-refractivity contribution in [3.63, 3.8) is 0 Å². The van der Waals surface area contributed by atoms with Crippen LogP contribution in [-0.2, 0) is 17.9 Å². The van der Waals surface area contributed by atoms with Crippen molar-refractivity contribution in [2.75, 3.05) is 0 Å². The number of aromatic nitrogens is 2. The van der Waals surface area contributed by atoms with Crippen LogP contribution in [0.15, 0.2) is 42.7 Å². The molecule has 116 valence electrons. The molecule has 1 saturated carbocycles. The molecule has 0 saturated heterocycles. The number of nitrogens with zero attached hydrogens (tertiary/aromatic N) is 2. The monoisotopic (exact) mass is 337 g/mol. The van der Waals surface area contributed by atoms with Gasteiger partial charge in [-0.3, -0.25) is 9.48 Å². The number of rotatable bonds is 5. The number of nitrogens with one attached hydrogen (secondary N) is 1. The third kappa shape index (κ3) is 2.85. The Morgan fingerprint density at radius 3 is 2.59 bits per heavy atom. The van der Waals surface area contributed by atoms with E-state index in [1.54, 1.807) is 13.1 Å². The van der Waals surface area contributed by atoms with Crippen molar-refractivity contribution in [2.24, 2.45) is 5.41 Å². The van der Waals surface area contributed by atoms with E-state index < -0.39 is 9.75 Å². The van der Waals surface area contributed by atoms with Gasteiger partial charge in [0, 0.05) is 18.9 Å². The van der Waals surface area contributed by atoms with Gasteiger partial charge in [-0.15, -0.1) is 23.2 Å². The van der Waals surface area contributed by atoms with E-state index in [1.807, 2.05) is 41.2 Å². The minimum absolute atomic E-state index is 0.105. The Balaban J connectivity index is 1.67. The molecule has 1 atom stereocenters. The number of halogens is 2. The first kappa shape index (κ1) is 15.4. The van der Waals surface area contributed by atoms with E-state index in [2.05, 4.69) is 10.4 Å². The van der Waals surface area contributed by atoms with E-state index in [9.17, 15) is 4.79 Å². The summed E-state index contributed by atoms with van der Waals surface area (Å²) >= 11 is 12.1. The maximum absolute atomic E-state index is 12.2. The summed E-state index contributed by atoms with van der Waals surface area (Å²) in [5.74, 6) is -0.105. The molecule has 1 aromatic carbocycles. The second kappa shape index (κ2) is 5.60. The van der Waals surface area contributed by atoms with E-state index in [-0.39, 0.29) is 5.91 Å². The van der Waals surface area contributed by atoms with E-state index in [0.29, 0.717) is 19.5 Å². The molecule has 3 rings (SSSR count). The number of benzene rings is 1. The summed E-state index contributed by atoms with van der Waals surface area (Å²) in [7, 11) is 0. The highest BCUT2D eigenvalue weighted by molar-refractivity contribution is 6.53. The van der Waals surface area contributed by atoms with Crippen LogP contribution in [0.5, 0.6) is 0 Å². The highest BCUT2D eigenvalue weighted by atomic mass is 35.5. The zero-order chi connectivity index (χ0) is 15.8. The number of amides is 1. The quantitative estimate of drug-likeness (QED) is 0.852. The predicted molar refractivity (Wildman–Crippen MR) is 86.8 cm³/mol. The van der Waals surface area contributed by atoms with Gasteiger partial charge in [0.15, 0.2) is 0 Å². The van der Waals surface area contributed by atoms with Crippen molar-refractivity contribution < 1.29 is 4.79 Å². The number of alkyl halides is 2. The van der Waals surface area contributed by atoms with Crippen molar-refractivity contribution in [2.45, 2.75) is 30.8 Å². The Labute approximate surface area is 139 Å². The molecule has 22 heavy (non-hydrogen) atoms. The minimum atomic E-state index is -0.939. The molecule has 0 radical (unpaired) electrons. The molecule has 1 unspecified atom stereocenters. The lowest BCUT2D eigenvalue weighted by Crippen LogP contribution is -2.33. The topological polar surface area (TPSA) is 46.9 Å². The molecule has 2 aromatic rings. The number of carbonyl (C=O) groups is 1. The number of hydrogen-bond acceptors (Lipinski definition) is 2. The average molecular weight is 338 g/mol. The SMILES string of the molecule is CC1(C(=O)NCc2ccccc2Cn2cccn2)CC1(Cl)Cl. The Hall–Kier alpha value is -1.52. The lowest BCUT2D eigenvalue weighted by Gasteiger charge is -2.14. The number of hydrogen-bond donors (Lipinski definition) is 1. The van der Waals surface area contributed by atoms with Crippen LogP contribution in [0.3, 0.4) is 0 Å². The van der Waals surface area contributed by atoms with E-state index in [1.165, 1.54) is 0 Å². The third-order valence-corrected chi connectivity index (χ3v) is 5.31. The first-order valence-electron chi connectivity index (χ1n) is 7.13. The maximum atomic E-state index is 12.2. The summed E-state index contributed by atoms with van der Waals surface area (Å²) in [6, 6.07) is 9.87. The Kier molecular flexibility index (Phi) is 3.91. The van der Waals surface area contributed by atoms with E-state index in [4.69, 9.17) is 23.2 Å². The largest absolute Gasteiger partial charge is 0.351 e. The van der Waals surface area contributed by atoms with Crippen LogP contribution in [0.25, 0.3) is 0 Å². The summed E-state index contributed by atoms with van der Waals surface area (Å²) in [6.07, 6.45) is 4.15. The first-order chi connectivity index (χ1) is 10.4. The van der Waals surface area contributed by atoms with Crippen molar-refractivity contribution in [3.05, 3.63) is 53.9 Å². The van der Waals surface area contributed by atoms with Crippen molar-refractivity contribution in [1.29, 1.82) is 0 Å². The summed E-state index contributed by atoms with van der Waals surface area (Å²) in [5.41, 5.74) is 1.49. The molecule has 1 aliphatic carbocycles. The van der Waals surface area contributed by atoms with Gasteiger partial charge in [-0.05, 0) is 30.5 Å². The van der Waals surface area contributed by atoms with E-state index >= 15 is 0 Å². The van der Waals surface area contributed by atoms with Gasteiger partial charge in [-0.1, -0.05) is 24.3 Å². The van der Waals surface area contributed by atoms with Crippen LogP contribution in [0.1, 0.15) is 24.5 Å². The third-order valence-electron chi connectivity index (χ3n) is 4.21. The Bertz CT molecular complexity index is 684. The van der Waals surface area contributed by atoms with Crippen LogP contribution >= 0.6 is 23.2 Å². The van der Waals surface area contributed by atoms with Gasteiger partial charge >= 0.3 is 0 Å². The molecule has 1 amide bonds. The van der Waals surface area contributed by atoms with Gasteiger partial charge in [0.05, 0.1) is 12.0 Å².